The third-order valence-corrected chi connectivity index (χ3v) is 2.67. The molecule has 0 saturated heterocycles. The number of benzene rings is 1. The van der Waals surface area contributed by atoms with Crippen molar-refractivity contribution in [1.82, 2.24) is 0 Å². The zero-order valence-electron chi connectivity index (χ0n) is 8.37. The van der Waals surface area contributed by atoms with Gasteiger partial charge in [-0.15, -0.1) is 11.8 Å². The maximum atomic E-state index is 4.43. The van der Waals surface area contributed by atoms with Gasteiger partial charge in [0.1, 0.15) is 0 Å². The highest BCUT2D eigenvalue weighted by Gasteiger charge is 2.07. The van der Waals surface area contributed by atoms with E-state index in [1.165, 1.54) is 10.6 Å². The zero-order valence-corrected chi connectivity index (χ0v) is 9.19. The Bertz CT molecular complexity index is 305. The number of nitrogens with zero attached hydrogens (tertiary/aromatic N) is 1. The zero-order chi connectivity index (χ0) is 9.68. The van der Waals surface area contributed by atoms with Crippen LogP contribution in [0.2, 0.25) is 0 Å². The highest BCUT2D eigenvalue weighted by Crippen LogP contribution is 2.29. The highest BCUT2D eigenvalue weighted by atomic mass is 32.2. The van der Waals surface area contributed by atoms with Crippen LogP contribution in [0, 0.1) is 0 Å². The van der Waals surface area contributed by atoms with Crippen LogP contribution in [0.25, 0.3) is 0 Å². The second-order valence-corrected chi connectivity index (χ2v) is 3.72. The molecule has 0 aromatic heterocycles. The molecule has 0 atom stereocenters. The van der Waals surface area contributed by atoms with E-state index in [2.05, 4.69) is 30.1 Å². The molecule has 1 aliphatic rings. The summed E-state index contributed by atoms with van der Waals surface area (Å²) in [6.07, 6.45) is 0. The van der Waals surface area contributed by atoms with Crippen molar-refractivity contribution in [3.63, 3.8) is 0 Å². The summed E-state index contributed by atoms with van der Waals surface area (Å²) in [5, 5.41) is 1.17. The van der Waals surface area contributed by atoms with Crippen LogP contribution >= 0.6 is 11.8 Å². The van der Waals surface area contributed by atoms with E-state index < -0.39 is 0 Å². The molecule has 0 radical (unpaired) electrons. The van der Waals surface area contributed by atoms with Gasteiger partial charge in [0, 0.05) is 5.75 Å². The van der Waals surface area contributed by atoms with Crippen LogP contribution in [0.15, 0.2) is 29.3 Å². The first-order chi connectivity index (χ1) is 6.36. The summed E-state index contributed by atoms with van der Waals surface area (Å²) in [6.45, 7) is 6.06. The number of fused-ring (bicyclic) bond motifs is 1. The standard InChI is InChI=1S/C9H9NS.C2H6/c1-7-10-9-5-3-2-4-8(9)6-11-7;1-2/h2-5H,6H2,1H3;1-2H3. The molecule has 1 heterocycles. The molecule has 0 fully saturated rings. The van der Waals surface area contributed by atoms with Gasteiger partial charge < -0.3 is 0 Å². The molecule has 0 bridgehead atoms. The molecule has 1 nitrogen and oxygen atoms in total. The van der Waals surface area contributed by atoms with Crippen LogP contribution in [0.4, 0.5) is 5.69 Å². The van der Waals surface area contributed by atoms with E-state index in [4.69, 9.17) is 0 Å². The number of hydrogen-bond acceptors (Lipinski definition) is 2. The summed E-state index contributed by atoms with van der Waals surface area (Å²) < 4.78 is 0. The lowest BCUT2D eigenvalue weighted by molar-refractivity contribution is 1.35. The van der Waals surface area contributed by atoms with Gasteiger partial charge in [0.2, 0.25) is 0 Å². The predicted octanol–water partition coefficient (Wildman–Crippen LogP) is 4.01. The van der Waals surface area contributed by atoms with E-state index >= 15 is 0 Å². The number of thioether (sulfide) groups is 1. The largest absolute Gasteiger partial charge is 0.247 e. The molecule has 13 heavy (non-hydrogen) atoms. The number of para-hydroxylation sites is 1. The number of aliphatic imine (C=N–C) groups is 1. The van der Waals surface area contributed by atoms with Crippen molar-refractivity contribution in [2.75, 3.05) is 0 Å². The van der Waals surface area contributed by atoms with Crippen molar-refractivity contribution >= 4 is 22.5 Å². The molecule has 2 rings (SSSR count). The summed E-state index contributed by atoms with van der Waals surface area (Å²) >= 11 is 1.81. The molecule has 0 saturated carbocycles. The van der Waals surface area contributed by atoms with E-state index in [0.29, 0.717) is 0 Å². The van der Waals surface area contributed by atoms with Gasteiger partial charge in [-0.25, -0.2) is 4.99 Å². The van der Waals surface area contributed by atoms with Crippen LogP contribution in [-0.2, 0) is 5.75 Å². The smallest absolute Gasteiger partial charge is 0.0710 e. The van der Waals surface area contributed by atoms with E-state index in [-0.39, 0.29) is 0 Å². The van der Waals surface area contributed by atoms with Gasteiger partial charge >= 0.3 is 0 Å². The van der Waals surface area contributed by atoms with E-state index in [0.717, 1.165) is 11.4 Å². The van der Waals surface area contributed by atoms with Crippen molar-refractivity contribution in [2.45, 2.75) is 26.5 Å². The minimum atomic E-state index is 1.07. The van der Waals surface area contributed by atoms with Gasteiger partial charge in [-0.3, -0.25) is 0 Å². The topological polar surface area (TPSA) is 12.4 Å². The van der Waals surface area contributed by atoms with E-state index in [1.54, 1.807) is 0 Å². The minimum absolute atomic E-state index is 1.07. The Morgan fingerprint density at radius 2 is 1.92 bits per heavy atom. The molecule has 70 valence electrons. The van der Waals surface area contributed by atoms with Crippen molar-refractivity contribution in [1.29, 1.82) is 0 Å². The SMILES string of the molecule is CC.CC1=Nc2ccccc2CS1. The normalized spacial score (nSPS) is 13.6. The Balaban J connectivity index is 0.000000396. The predicted molar refractivity (Wildman–Crippen MR) is 61.9 cm³/mol. The minimum Gasteiger partial charge on any atom is -0.247 e. The summed E-state index contributed by atoms with van der Waals surface area (Å²) in [7, 11) is 0. The molecule has 0 aliphatic carbocycles. The van der Waals surface area contributed by atoms with Gasteiger partial charge in [0.05, 0.1) is 10.7 Å². The van der Waals surface area contributed by atoms with Crippen LogP contribution < -0.4 is 0 Å². The Morgan fingerprint density at radius 1 is 1.23 bits per heavy atom. The third kappa shape index (κ3) is 2.59. The molecule has 0 unspecified atom stereocenters. The van der Waals surface area contributed by atoms with Crippen LogP contribution in [0.5, 0.6) is 0 Å². The lowest BCUT2D eigenvalue weighted by atomic mass is 10.2. The lowest BCUT2D eigenvalue weighted by Crippen LogP contribution is -1.93. The van der Waals surface area contributed by atoms with E-state index in [9.17, 15) is 0 Å². The van der Waals surface area contributed by atoms with Gasteiger partial charge in [0.25, 0.3) is 0 Å². The fourth-order valence-electron chi connectivity index (χ4n) is 1.13. The molecule has 0 amide bonds. The molecule has 0 N–H and O–H groups in total. The van der Waals surface area contributed by atoms with Crippen LogP contribution in [-0.4, -0.2) is 5.04 Å². The van der Waals surface area contributed by atoms with Crippen molar-refractivity contribution < 1.29 is 0 Å². The molecule has 1 aromatic carbocycles. The second kappa shape index (κ2) is 5.07. The first-order valence-electron chi connectivity index (χ1n) is 4.62. The Hall–Kier alpha value is -0.760. The Labute approximate surface area is 84.3 Å². The molecular formula is C11H15NS. The summed E-state index contributed by atoms with van der Waals surface area (Å²) in [4.78, 5) is 4.43. The van der Waals surface area contributed by atoms with Gasteiger partial charge in [-0.1, -0.05) is 32.0 Å². The summed E-state index contributed by atoms with van der Waals surface area (Å²) in [5.41, 5.74) is 2.49. The fraction of sp³-hybridized carbons (Fsp3) is 0.364. The number of rotatable bonds is 0. The van der Waals surface area contributed by atoms with Crippen molar-refractivity contribution in [3.05, 3.63) is 29.8 Å². The second-order valence-electron chi connectivity index (χ2n) is 2.55. The summed E-state index contributed by atoms with van der Waals surface area (Å²) in [5.74, 6) is 1.07. The quantitative estimate of drug-likeness (QED) is 0.606. The molecule has 1 aromatic rings. The molecule has 1 aliphatic heterocycles. The third-order valence-electron chi connectivity index (χ3n) is 1.71. The van der Waals surface area contributed by atoms with Crippen LogP contribution in [0.1, 0.15) is 26.3 Å². The lowest BCUT2D eigenvalue weighted by Gasteiger charge is -2.11. The van der Waals surface area contributed by atoms with E-state index in [1.807, 2.05) is 31.7 Å². The molecule has 0 spiro atoms. The highest BCUT2D eigenvalue weighted by molar-refractivity contribution is 8.13. The molecule has 2 heteroatoms. The molecular weight excluding hydrogens is 178 g/mol. The first kappa shape index (κ1) is 10.3. The average molecular weight is 193 g/mol. The Kier molecular flexibility index (Phi) is 4.03. The maximum Gasteiger partial charge on any atom is 0.0710 e. The fourth-order valence-corrected chi connectivity index (χ4v) is 1.90. The Morgan fingerprint density at radius 3 is 2.69 bits per heavy atom. The van der Waals surface area contributed by atoms with Gasteiger partial charge in [0.15, 0.2) is 0 Å². The van der Waals surface area contributed by atoms with Crippen molar-refractivity contribution in [2.24, 2.45) is 4.99 Å². The monoisotopic (exact) mass is 193 g/mol. The van der Waals surface area contributed by atoms with Gasteiger partial charge in [-0.2, -0.15) is 0 Å². The average Bonchev–Trinajstić information content (AvgIpc) is 2.21. The number of hydrogen-bond donors (Lipinski definition) is 0. The summed E-state index contributed by atoms with van der Waals surface area (Å²) in [6, 6.07) is 8.30. The van der Waals surface area contributed by atoms with Crippen molar-refractivity contribution in [3.8, 4) is 0 Å². The van der Waals surface area contributed by atoms with Gasteiger partial charge in [-0.05, 0) is 18.6 Å². The maximum absolute atomic E-state index is 4.43. The van der Waals surface area contributed by atoms with Crippen LogP contribution in [0.3, 0.4) is 0 Å². The first-order valence-corrected chi connectivity index (χ1v) is 5.61.